The van der Waals surface area contributed by atoms with Crippen LogP contribution >= 0.6 is 0 Å². The first-order valence-electron chi connectivity index (χ1n) is 10.4. The van der Waals surface area contributed by atoms with Crippen molar-refractivity contribution in [2.24, 2.45) is 0 Å². The van der Waals surface area contributed by atoms with Crippen molar-refractivity contribution in [1.82, 2.24) is 15.5 Å². The van der Waals surface area contributed by atoms with Crippen molar-refractivity contribution in [2.45, 2.75) is 6.54 Å². The summed E-state index contributed by atoms with van der Waals surface area (Å²) in [4.78, 5) is 28.4. The van der Waals surface area contributed by atoms with Crippen LogP contribution in [0.25, 0.3) is 0 Å². The van der Waals surface area contributed by atoms with Gasteiger partial charge in [0.2, 0.25) is 0 Å². The van der Waals surface area contributed by atoms with E-state index >= 15 is 0 Å². The second kappa shape index (κ2) is 11.7. The molecule has 0 aromatic heterocycles. The Morgan fingerprint density at radius 2 is 1.62 bits per heavy atom. The number of nitriles is 1. The van der Waals surface area contributed by atoms with E-state index in [0.29, 0.717) is 18.8 Å². The van der Waals surface area contributed by atoms with Crippen LogP contribution in [0.15, 0.2) is 48.5 Å². The van der Waals surface area contributed by atoms with E-state index in [1.165, 1.54) is 12.1 Å². The molecule has 0 aliphatic carbocycles. The van der Waals surface area contributed by atoms with Gasteiger partial charge in [0.25, 0.3) is 0 Å². The van der Waals surface area contributed by atoms with Gasteiger partial charge in [-0.15, -0.1) is 0 Å². The van der Waals surface area contributed by atoms with Crippen LogP contribution in [-0.4, -0.2) is 62.6 Å². The molecule has 3 rings (SSSR count). The predicted octanol–water partition coefficient (Wildman–Crippen LogP) is 1.28. The Morgan fingerprint density at radius 3 is 2.28 bits per heavy atom. The van der Waals surface area contributed by atoms with Crippen molar-refractivity contribution in [1.29, 1.82) is 5.26 Å². The molecule has 0 radical (unpaired) electrons. The predicted molar refractivity (Wildman–Crippen MR) is 117 cm³/mol. The fourth-order valence-corrected chi connectivity index (χ4v) is 3.37. The van der Waals surface area contributed by atoms with Crippen LogP contribution in [0.1, 0.15) is 5.56 Å². The highest BCUT2D eigenvalue weighted by atomic mass is 19.1. The molecule has 1 aliphatic rings. The topological polar surface area (TPSA) is 97.7 Å². The van der Waals surface area contributed by atoms with E-state index in [1.807, 2.05) is 6.07 Å². The summed E-state index contributed by atoms with van der Waals surface area (Å²) >= 11 is 0. The molecule has 168 valence electrons. The molecule has 2 amide bonds. The Balaban J connectivity index is 1.31. The molecule has 0 bridgehead atoms. The Morgan fingerprint density at radius 1 is 0.969 bits per heavy atom. The van der Waals surface area contributed by atoms with E-state index in [1.54, 1.807) is 36.4 Å². The smallest absolute Gasteiger partial charge is 0.309 e. The van der Waals surface area contributed by atoms with Crippen molar-refractivity contribution in [3.63, 3.8) is 0 Å². The van der Waals surface area contributed by atoms with Gasteiger partial charge in [-0.25, -0.2) is 4.39 Å². The highest BCUT2D eigenvalue weighted by molar-refractivity contribution is 6.35. The molecular weight excluding hydrogens is 413 g/mol. The van der Waals surface area contributed by atoms with Crippen LogP contribution in [-0.2, 0) is 16.1 Å². The maximum absolute atomic E-state index is 13.1. The quantitative estimate of drug-likeness (QED) is 0.602. The average molecular weight is 439 g/mol. The highest BCUT2D eigenvalue weighted by Crippen LogP contribution is 2.16. The number of ether oxygens (including phenoxy) is 1. The Labute approximate surface area is 186 Å². The Bertz CT molecular complexity index is 936. The van der Waals surface area contributed by atoms with Crippen LogP contribution in [0, 0.1) is 17.1 Å². The molecule has 2 N–H and O–H groups in total. The normalized spacial score (nSPS) is 13.8. The summed E-state index contributed by atoms with van der Waals surface area (Å²) in [5.74, 6) is -1.02. The second-order valence-corrected chi connectivity index (χ2v) is 7.33. The number of benzene rings is 2. The van der Waals surface area contributed by atoms with Gasteiger partial charge in [-0.3, -0.25) is 14.5 Å². The molecular formula is C23H26FN5O3. The lowest BCUT2D eigenvalue weighted by atomic mass is 10.2. The first kappa shape index (κ1) is 23.0. The molecule has 32 heavy (non-hydrogen) atoms. The Kier molecular flexibility index (Phi) is 8.40. The third-order valence-electron chi connectivity index (χ3n) is 5.16. The molecule has 1 aliphatic heterocycles. The molecule has 0 atom stereocenters. The van der Waals surface area contributed by atoms with Crippen molar-refractivity contribution < 1.29 is 18.7 Å². The van der Waals surface area contributed by atoms with Gasteiger partial charge < -0.3 is 20.3 Å². The number of carbonyl (C=O) groups excluding carboxylic acids is 2. The van der Waals surface area contributed by atoms with Gasteiger partial charge >= 0.3 is 11.8 Å². The maximum Gasteiger partial charge on any atom is 0.309 e. The molecule has 1 heterocycles. The number of hydrogen-bond donors (Lipinski definition) is 2. The van der Waals surface area contributed by atoms with Gasteiger partial charge in [-0.05, 0) is 42.0 Å². The van der Waals surface area contributed by atoms with Crippen LogP contribution in [0.3, 0.4) is 0 Å². The maximum atomic E-state index is 13.1. The lowest BCUT2D eigenvalue weighted by molar-refractivity contribution is -0.139. The Hall–Kier alpha value is -3.64. The third kappa shape index (κ3) is 6.96. The zero-order valence-electron chi connectivity index (χ0n) is 17.7. The molecule has 0 unspecified atom stereocenters. The second-order valence-electron chi connectivity index (χ2n) is 7.33. The van der Waals surface area contributed by atoms with Crippen molar-refractivity contribution >= 4 is 17.5 Å². The van der Waals surface area contributed by atoms with Gasteiger partial charge in [0.05, 0.1) is 0 Å². The number of rotatable bonds is 8. The zero-order chi connectivity index (χ0) is 22.8. The standard InChI is InChI=1S/C23H26FN5O3/c24-19-3-5-20(6-4-19)29-14-12-28(13-15-29)11-10-26-22(30)23(31)27-17-18-1-7-21(8-2-18)32-16-9-25/h1-8H,10-17H2,(H,26,30)(H,27,31). The summed E-state index contributed by atoms with van der Waals surface area (Å²) in [5.41, 5.74) is 1.81. The summed E-state index contributed by atoms with van der Waals surface area (Å²) in [5, 5.41) is 13.7. The van der Waals surface area contributed by atoms with E-state index in [0.717, 1.165) is 37.4 Å². The average Bonchev–Trinajstić information content (AvgIpc) is 2.82. The molecule has 2 aromatic carbocycles. The number of piperazine rings is 1. The van der Waals surface area contributed by atoms with Crippen LogP contribution in [0.4, 0.5) is 10.1 Å². The first-order valence-corrected chi connectivity index (χ1v) is 10.4. The van der Waals surface area contributed by atoms with E-state index in [-0.39, 0.29) is 19.0 Å². The molecule has 1 saturated heterocycles. The van der Waals surface area contributed by atoms with Crippen LogP contribution in [0.2, 0.25) is 0 Å². The van der Waals surface area contributed by atoms with Crippen LogP contribution in [0.5, 0.6) is 5.75 Å². The molecule has 8 nitrogen and oxygen atoms in total. The molecule has 1 fully saturated rings. The first-order chi connectivity index (χ1) is 15.5. The van der Waals surface area contributed by atoms with Crippen molar-refractivity contribution in [2.75, 3.05) is 50.8 Å². The summed E-state index contributed by atoms with van der Waals surface area (Å²) in [6.45, 7) is 4.52. The van der Waals surface area contributed by atoms with Gasteiger partial charge in [0, 0.05) is 51.5 Å². The highest BCUT2D eigenvalue weighted by Gasteiger charge is 2.18. The van der Waals surface area contributed by atoms with Crippen molar-refractivity contribution in [3.8, 4) is 11.8 Å². The number of anilines is 1. The van der Waals surface area contributed by atoms with Gasteiger partial charge in [-0.1, -0.05) is 12.1 Å². The summed E-state index contributed by atoms with van der Waals surface area (Å²) in [6.07, 6.45) is 0. The minimum atomic E-state index is -0.684. The lowest BCUT2D eigenvalue weighted by Gasteiger charge is -2.36. The minimum absolute atomic E-state index is 0.0276. The fourth-order valence-electron chi connectivity index (χ4n) is 3.37. The number of amides is 2. The lowest BCUT2D eigenvalue weighted by Crippen LogP contribution is -2.49. The summed E-state index contributed by atoms with van der Waals surface area (Å²) < 4.78 is 18.2. The molecule has 2 aromatic rings. The van der Waals surface area contributed by atoms with Gasteiger partial charge in [0.15, 0.2) is 6.61 Å². The van der Waals surface area contributed by atoms with E-state index in [2.05, 4.69) is 20.4 Å². The molecule has 0 saturated carbocycles. The zero-order valence-corrected chi connectivity index (χ0v) is 17.7. The van der Waals surface area contributed by atoms with Crippen molar-refractivity contribution in [3.05, 3.63) is 59.9 Å². The number of hydrogen-bond acceptors (Lipinski definition) is 6. The van der Waals surface area contributed by atoms with E-state index in [4.69, 9.17) is 10.00 Å². The summed E-state index contributed by atoms with van der Waals surface area (Å²) in [6, 6.07) is 15.3. The van der Waals surface area contributed by atoms with Crippen LogP contribution < -0.4 is 20.3 Å². The minimum Gasteiger partial charge on any atom is -0.479 e. The number of halogens is 1. The van der Waals surface area contributed by atoms with E-state index < -0.39 is 11.8 Å². The van der Waals surface area contributed by atoms with Gasteiger partial charge in [-0.2, -0.15) is 5.26 Å². The summed E-state index contributed by atoms with van der Waals surface area (Å²) in [7, 11) is 0. The largest absolute Gasteiger partial charge is 0.479 e. The molecule has 0 spiro atoms. The third-order valence-corrected chi connectivity index (χ3v) is 5.16. The molecule has 9 heteroatoms. The fraction of sp³-hybridized carbons (Fsp3) is 0.348. The van der Waals surface area contributed by atoms with Gasteiger partial charge in [0.1, 0.15) is 17.6 Å². The SMILES string of the molecule is N#CCOc1ccc(CNC(=O)C(=O)NCCN2CCN(c3ccc(F)cc3)CC2)cc1. The number of carbonyl (C=O) groups is 2. The number of nitrogens with one attached hydrogen (secondary N) is 2. The monoisotopic (exact) mass is 439 g/mol. The number of nitrogens with zero attached hydrogens (tertiary/aromatic N) is 3. The van der Waals surface area contributed by atoms with E-state index in [9.17, 15) is 14.0 Å².